The molecule has 3 rings (SSSR count). The lowest BCUT2D eigenvalue weighted by Crippen LogP contribution is -2.22. The quantitative estimate of drug-likeness (QED) is 0.662. The fourth-order valence-corrected chi connectivity index (χ4v) is 4.96. The zero-order valence-corrected chi connectivity index (χ0v) is 15.3. The maximum absolute atomic E-state index is 12.1. The van der Waals surface area contributed by atoms with Crippen LogP contribution in [0, 0.1) is 0 Å². The van der Waals surface area contributed by atoms with Gasteiger partial charge in [0.05, 0.1) is 10.3 Å². The highest BCUT2D eigenvalue weighted by atomic mass is 79.9. The Morgan fingerprint density at radius 3 is 2.83 bits per heavy atom. The SMILES string of the molecule is O=S(=O)(NCc1nc(-c2cccc(Cl)c2)no1)c1ccc(Br)s1. The predicted octanol–water partition coefficient (Wildman–Crippen LogP) is 3.69. The Hall–Kier alpha value is -1.26. The number of aromatic nitrogens is 2. The number of thiophene rings is 1. The summed E-state index contributed by atoms with van der Waals surface area (Å²) in [4.78, 5) is 4.15. The van der Waals surface area contributed by atoms with Crippen LogP contribution in [0.1, 0.15) is 5.89 Å². The van der Waals surface area contributed by atoms with E-state index in [1.807, 2.05) is 0 Å². The van der Waals surface area contributed by atoms with Crippen LogP contribution in [-0.2, 0) is 16.6 Å². The van der Waals surface area contributed by atoms with Gasteiger partial charge in [0.2, 0.25) is 11.7 Å². The molecule has 2 aromatic heterocycles. The van der Waals surface area contributed by atoms with Crippen LogP contribution in [0.25, 0.3) is 11.4 Å². The molecule has 0 aliphatic carbocycles. The van der Waals surface area contributed by atoms with E-state index in [9.17, 15) is 8.42 Å². The second kappa shape index (κ2) is 6.70. The lowest BCUT2D eigenvalue weighted by Gasteiger charge is -2.00. The number of benzene rings is 1. The topological polar surface area (TPSA) is 85.1 Å². The van der Waals surface area contributed by atoms with Crippen molar-refractivity contribution in [3.8, 4) is 11.4 Å². The minimum atomic E-state index is -3.61. The minimum Gasteiger partial charge on any atom is -0.338 e. The minimum absolute atomic E-state index is 0.0918. The van der Waals surface area contributed by atoms with Crippen molar-refractivity contribution >= 4 is 48.9 Å². The zero-order chi connectivity index (χ0) is 16.4. The lowest BCUT2D eigenvalue weighted by molar-refractivity contribution is 0.376. The summed E-state index contributed by atoms with van der Waals surface area (Å²) >= 11 is 10.3. The summed E-state index contributed by atoms with van der Waals surface area (Å²) in [6.45, 7) is -0.0918. The second-order valence-electron chi connectivity index (χ2n) is 4.41. The van der Waals surface area contributed by atoms with Crippen LogP contribution < -0.4 is 4.72 Å². The van der Waals surface area contributed by atoms with E-state index in [1.165, 1.54) is 6.07 Å². The standard InChI is InChI=1S/C13H9BrClN3O3S2/c14-10-4-5-12(22-10)23(19,20)16-7-11-17-13(18-21-11)8-2-1-3-9(15)6-8/h1-6,16H,7H2. The summed E-state index contributed by atoms with van der Waals surface area (Å²) in [5.41, 5.74) is 0.692. The highest BCUT2D eigenvalue weighted by molar-refractivity contribution is 9.11. The second-order valence-corrected chi connectivity index (χ2v) is 9.30. The Morgan fingerprint density at radius 1 is 1.30 bits per heavy atom. The first-order valence-corrected chi connectivity index (χ1v) is 9.75. The van der Waals surface area contributed by atoms with Crippen LogP contribution in [0.5, 0.6) is 0 Å². The molecule has 3 aromatic rings. The first kappa shape index (κ1) is 16.6. The molecule has 0 atom stereocenters. The van der Waals surface area contributed by atoms with Gasteiger partial charge in [0, 0.05) is 10.6 Å². The molecular weight excluding hydrogens is 426 g/mol. The van der Waals surface area contributed by atoms with Gasteiger partial charge in [-0.25, -0.2) is 13.1 Å². The molecule has 0 radical (unpaired) electrons. The average molecular weight is 435 g/mol. The first-order chi connectivity index (χ1) is 10.9. The number of nitrogens with zero attached hydrogens (tertiary/aromatic N) is 2. The van der Waals surface area contributed by atoms with E-state index in [-0.39, 0.29) is 16.6 Å². The maximum atomic E-state index is 12.1. The van der Waals surface area contributed by atoms with Gasteiger partial charge in [0.15, 0.2) is 0 Å². The summed E-state index contributed by atoms with van der Waals surface area (Å²) in [6, 6.07) is 10.2. The molecule has 10 heteroatoms. The van der Waals surface area contributed by atoms with E-state index in [2.05, 4.69) is 30.8 Å². The van der Waals surface area contributed by atoms with E-state index < -0.39 is 10.0 Å². The van der Waals surface area contributed by atoms with Crippen molar-refractivity contribution in [2.75, 3.05) is 0 Å². The van der Waals surface area contributed by atoms with Crippen molar-refractivity contribution in [2.45, 2.75) is 10.8 Å². The zero-order valence-electron chi connectivity index (χ0n) is 11.4. The third-order valence-corrected chi connectivity index (χ3v) is 6.53. The van der Waals surface area contributed by atoms with Gasteiger partial charge < -0.3 is 4.52 Å². The van der Waals surface area contributed by atoms with E-state index in [4.69, 9.17) is 16.1 Å². The number of rotatable bonds is 5. The molecule has 120 valence electrons. The molecule has 0 unspecified atom stereocenters. The number of halogens is 2. The van der Waals surface area contributed by atoms with Crippen molar-refractivity contribution in [3.63, 3.8) is 0 Å². The van der Waals surface area contributed by atoms with Crippen molar-refractivity contribution in [1.29, 1.82) is 0 Å². The number of nitrogens with one attached hydrogen (secondary N) is 1. The van der Waals surface area contributed by atoms with E-state index in [0.29, 0.717) is 16.4 Å². The van der Waals surface area contributed by atoms with Gasteiger partial charge in [0.25, 0.3) is 10.0 Å². The van der Waals surface area contributed by atoms with Crippen molar-refractivity contribution in [2.24, 2.45) is 0 Å². The number of sulfonamides is 1. The van der Waals surface area contributed by atoms with Crippen LogP contribution in [0.15, 0.2) is 48.9 Å². The first-order valence-electron chi connectivity index (χ1n) is 6.27. The molecule has 0 amide bonds. The van der Waals surface area contributed by atoms with Gasteiger partial charge in [-0.05, 0) is 40.2 Å². The number of hydrogen-bond donors (Lipinski definition) is 1. The highest BCUT2D eigenvalue weighted by Crippen LogP contribution is 2.26. The molecule has 23 heavy (non-hydrogen) atoms. The average Bonchev–Trinajstić information content (AvgIpc) is 3.14. The Labute approximate surface area is 149 Å². The van der Waals surface area contributed by atoms with Crippen LogP contribution in [0.3, 0.4) is 0 Å². The summed E-state index contributed by atoms with van der Waals surface area (Å²) < 4.78 is 32.6. The van der Waals surface area contributed by atoms with E-state index in [1.54, 1.807) is 30.3 Å². The third kappa shape index (κ3) is 3.99. The van der Waals surface area contributed by atoms with Crippen LogP contribution in [0.2, 0.25) is 5.02 Å². The smallest absolute Gasteiger partial charge is 0.250 e. The van der Waals surface area contributed by atoms with Crippen molar-refractivity contribution in [3.05, 3.63) is 51.1 Å². The Balaban J connectivity index is 1.72. The van der Waals surface area contributed by atoms with E-state index >= 15 is 0 Å². The summed E-state index contributed by atoms with van der Waals surface area (Å²) in [5, 5.41) is 4.37. The maximum Gasteiger partial charge on any atom is 0.250 e. The predicted molar refractivity (Wildman–Crippen MR) is 90.8 cm³/mol. The molecule has 0 bridgehead atoms. The van der Waals surface area contributed by atoms with Crippen LogP contribution >= 0.6 is 38.9 Å². The Morgan fingerprint density at radius 2 is 2.13 bits per heavy atom. The molecule has 0 aliphatic rings. The van der Waals surface area contributed by atoms with E-state index in [0.717, 1.165) is 15.1 Å². The van der Waals surface area contributed by atoms with Crippen LogP contribution in [-0.4, -0.2) is 18.6 Å². The third-order valence-electron chi connectivity index (χ3n) is 2.78. The molecule has 0 saturated heterocycles. The molecule has 2 heterocycles. The van der Waals surface area contributed by atoms with Gasteiger partial charge in [0.1, 0.15) is 4.21 Å². The monoisotopic (exact) mass is 433 g/mol. The molecule has 0 saturated carbocycles. The summed E-state index contributed by atoms with van der Waals surface area (Å²) in [7, 11) is -3.61. The van der Waals surface area contributed by atoms with Crippen molar-refractivity contribution in [1.82, 2.24) is 14.9 Å². The van der Waals surface area contributed by atoms with Gasteiger partial charge in [-0.1, -0.05) is 28.9 Å². The molecule has 6 nitrogen and oxygen atoms in total. The normalized spacial score (nSPS) is 11.7. The summed E-state index contributed by atoms with van der Waals surface area (Å²) in [6.07, 6.45) is 0. The molecule has 1 aromatic carbocycles. The van der Waals surface area contributed by atoms with Gasteiger partial charge >= 0.3 is 0 Å². The van der Waals surface area contributed by atoms with Gasteiger partial charge in [-0.3, -0.25) is 0 Å². The Kier molecular flexibility index (Phi) is 4.83. The number of hydrogen-bond acceptors (Lipinski definition) is 6. The Bertz CT molecular complexity index is 939. The fourth-order valence-electron chi connectivity index (χ4n) is 1.74. The van der Waals surface area contributed by atoms with Crippen LogP contribution in [0.4, 0.5) is 0 Å². The fraction of sp³-hybridized carbons (Fsp3) is 0.0769. The van der Waals surface area contributed by atoms with Gasteiger partial charge in [-0.15, -0.1) is 11.3 Å². The highest BCUT2D eigenvalue weighted by Gasteiger charge is 2.18. The molecule has 0 spiro atoms. The van der Waals surface area contributed by atoms with Gasteiger partial charge in [-0.2, -0.15) is 4.98 Å². The summed E-state index contributed by atoms with van der Waals surface area (Å²) in [5.74, 6) is 0.514. The lowest BCUT2D eigenvalue weighted by atomic mass is 10.2. The molecule has 0 fully saturated rings. The molecular formula is C13H9BrClN3O3S2. The largest absolute Gasteiger partial charge is 0.338 e. The molecule has 0 aliphatic heterocycles. The molecule has 1 N–H and O–H groups in total. The van der Waals surface area contributed by atoms with Crippen molar-refractivity contribution < 1.29 is 12.9 Å².